The largest absolute Gasteiger partial charge is 0.304 e. The highest BCUT2D eigenvalue weighted by molar-refractivity contribution is 8.93. The molecule has 3 heteroatoms. The number of piperazine rings is 1. The van der Waals surface area contributed by atoms with Crippen LogP contribution in [0.4, 0.5) is 0 Å². The summed E-state index contributed by atoms with van der Waals surface area (Å²) >= 11 is 0. The minimum atomic E-state index is 0. The Kier molecular flexibility index (Phi) is 5.82. The fourth-order valence-electron chi connectivity index (χ4n) is 1.21. The number of rotatable bonds is 2. The predicted molar refractivity (Wildman–Crippen MR) is 54.5 cm³/mol. The standard InChI is InChI=1S/C8H16N2.BrH/c1-3-4-10-7-5-9(2)6-8-10;/h3H,1,4-8H2,2H3;1H. The van der Waals surface area contributed by atoms with E-state index in [2.05, 4.69) is 23.4 Å². The van der Waals surface area contributed by atoms with Gasteiger partial charge in [0, 0.05) is 32.7 Å². The Labute approximate surface area is 79.6 Å². The molecule has 11 heavy (non-hydrogen) atoms. The fraction of sp³-hybridized carbons (Fsp3) is 0.750. The summed E-state index contributed by atoms with van der Waals surface area (Å²) in [7, 11) is 2.17. The second-order valence-corrected chi connectivity index (χ2v) is 2.89. The van der Waals surface area contributed by atoms with E-state index in [1.807, 2.05) is 6.08 Å². The van der Waals surface area contributed by atoms with Crippen molar-refractivity contribution in [2.24, 2.45) is 0 Å². The second kappa shape index (κ2) is 5.75. The van der Waals surface area contributed by atoms with Crippen LogP contribution in [0.5, 0.6) is 0 Å². The Bertz CT molecular complexity index is 109. The van der Waals surface area contributed by atoms with Crippen molar-refractivity contribution >= 4 is 17.0 Å². The normalized spacial score (nSPS) is 20.8. The average molecular weight is 221 g/mol. The van der Waals surface area contributed by atoms with Crippen LogP contribution in [0.15, 0.2) is 12.7 Å². The molecule has 0 N–H and O–H groups in total. The summed E-state index contributed by atoms with van der Waals surface area (Å²) < 4.78 is 0. The van der Waals surface area contributed by atoms with Crippen LogP contribution in [-0.2, 0) is 0 Å². The summed E-state index contributed by atoms with van der Waals surface area (Å²) in [5.41, 5.74) is 0. The van der Waals surface area contributed by atoms with Crippen LogP contribution in [0, 0.1) is 0 Å². The summed E-state index contributed by atoms with van der Waals surface area (Å²) in [4.78, 5) is 4.78. The maximum atomic E-state index is 3.72. The van der Waals surface area contributed by atoms with Crippen LogP contribution >= 0.6 is 17.0 Å². The molecular formula is C8H17BrN2. The third-order valence-corrected chi connectivity index (χ3v) is 1.98. The van der Waals surface area contributed by atoms with Crippen molar-refractivity contribution in [2.45, 2.75) is 0 Å². The van der Waals surface area contributed by atoms with E-state index >= 15 is 0 Å². The van der Waals surface area contributed by atoms with Crippen molar-refractivity contribution in [3.63, 3.8) is 0 Å². The molecule has 0 unspecified atom stereocenters. The third kappa shape index (κ3) is 3.89. The van der Waals surface area contributed by atoms with Crippen molar-refractivity contribution < 1.29 is 0 Å². The van der Waals surface area contributed by atoms with Gasteiger partial charge in [0.2, 0.25) is 0 Å². The van der Waals surface area contributed by atoms with E-state index in [0.717, 1.165) is 6.54 Å². The molecular weight excluding hydrogens is 204 g/mol. The third-order valence-electron chi connectivity index (χ3n) is 1.98. The molecule has 0 bridgehead atoms. The first kappa shape index (κ1) is 11.1. The zero-order valence-electron chi connectivity index (χ0n) is 7.12. The molecule has 0 aromatic carbocycles. The van der Waals surface area contributed by atoms with E-state index in [1.54, 1.807) is 0 Å². The lowest BCUT2D eigenvalue weighted by molar-refractivity contribution is 0.166. The quantitative estimate of drug-likeness (QED) is 0.642. The fourth-order valence-corrected chi connectivity index (χ4v) is 1.21. The van der Waals surface area contributed by atoms with Crippen LogP contribution < -0.4 is 0 Å². The SMILES string of the molecule is Br.C=CCN1CCN(C)CC1. The summed E-state index contributed by atoms with van der Waals surface area (Å²) in [6.45, 7) is 9.57. The van der Waals surface area contributed by atoms with Crippen LogP contribution in [0.2, 0.25) is 0 Å². The molecule has 0 aliphatic carbocycles. The van der Waals surface area contributed by atoms with Gasteiger partial charge in [0.05, 0.1) is 0 Å². The molecule has 0 atom stereocenters. The van der Waals surface area contributed by atoms with E-state index in [-0.39, 0.29) is 17.0 Å². The van der Waals surface area contributed by atoms with Crippen LogP contribution in [0.1, 0.15) is 0 Å². The minimum absolute atomic E-state index is 0. The van der Waals surface area contributed by atoms with Gasteiger partial charge < -0.3 is 4.90 Å². The molecule has 0 aromatic heterocycles. The lowest BCUT2D eigenvalue weighted by atomic mass is 10.3. The summed E-state index contributed by atoms with van der Waals surface area (Å²) in [5, 5.41) is 0. The molecule has 0 saturated carbocycles. The summed E-state index contributed by atoms with van der Waals surface area (Å²) in [5.74, 6) is 0. The van der Waals surface area contributed by atoms with E-state index in [0.29, 0.717) is 0 Å². The Morgan fingerprint density at radius 3 is 2.27 bits per heavy atom. The molecule has 0 spiro atoms. The van der Waals surface area contributed by atoms with E-state index in [9.17, 15) is 0 Å². The van der Waals surface area contributed by atoms with Gasteiger partial charge in [-0.15, -0.1) is 23.6 Å². The molecule has 1 saturated heterocycles. The maximum absolute atomic E-state index is 3.72. The van der Waals surface area contributed by atoms with Gasteiger partial charge in [0.15, 0.2) is 0 Å². The molecule has 1 heterocycles. The predicted octanol–water partition coefficient (Wildman–Crippen LogP) is 0.998. The van der Waals surface area contributed by atoms with E-state index in [1.165, 1.54) is 26.2 Å². The second-order valence-electron chi connectivity index (χ2n) is 2.89. The Hall–Kier alpha value is 0.140. The van der Waals surface area contributed by atoms with E-state index < -0.39 is 0 Å². The van der Waals surface area contributed by atoms with Crippen molar-refractivity contribution in [1.82, 2.24) is 9.80 Å². The average Bonchev–Trinajstić information content (AvgIpc) is 1.95. The number of hydrogen-bond acceptors (Lipinski definition) is 2. The minimum Gasteiger partial charge on any atom is -0.304 e. The van der Waals surface area contributed by atoms with E-state index in [4.69, 9.17) is 0 Å². The van der Waals surface area contributed by atoms with Gasteiger partial charge in [-0.25, -0.2) is 0 Å². The molecule has 0 aromatic rings. The van der Waals surface area contributed by atoms with Crippen molar-refractivity contribution in [3.8, 4) is 0 Å². The van der Waals surface area contributed by atoms with Gasteiger partial charge in [-0.3, -0.25) is 4.90 Å². The van der Waals surface area contributed by atoms with Crippen molar-refractivity contribution in [3.05, 3.63) is 12.7 Å². The van der Waals surface area contributed by atoms with Crippen molar-refractivity contribution in [2.75, 3.05) is 39.8 Å². The lowest BCUT2D eigenvalue weighted by Crippen LogP contribution is -2.44. The molecule has 1 fully saturated rings. The summed E-state index contributed by atoms with van der Waals surface area (Å²) in [6.07, 6.45) is 1.98. The molecule has 0 radical (unpaired) electrons. The van der Waals surface area contributed by atoms with Crippen LogP contribution in [0.3, 0.4) is 0 Å². The van der Waals surface area contributed by atoms with Gasteiger partial charge in [0.25, 0.3) is 0 Å². The lowest BCUT2D eigenvalue weighted by Gasteiger charge is -2.31. The molecule has 0 amide bonds. The zero-order chi connectivity index (χ0) is 7.40. The Morgan fingerprint density at radius 1 is 1.27 bits per heavy atom. The van der Waals surface area contributed by atoms with Gasteiger partial charge in [-0.05, 0) is 7.05 Å². The number of likely N-dealkylation sites (N-methyl/N-ethyl adjacent to an activating group) is 1. The first-order valence-electron chi connectivity index (χ1n) is 3.84. The first-order valence-corrected chi connectivity index (χ1v) is 3.84. The smallest absolute Gasteiger partial charge is 0.0161 e. The van der Waals surface area contributed by atoms with Gasteiger partial charge in [-0.1, -0.05) is 6.08 Å². The topological polar surface area (TPSA) is 6.48 Å². The van der Waals surface area contributed by atoms with Crippen LogP contribution in [-0.4, -0.2) is 49.6 Å². The molecule has 2 nitrogen and oxygen atoms in total. The number of halogens is 1. The molecule has 1 aliphatic rings. The Morgan fingerprint density at radius 2 is 1.82 bits per heavy atom. The highest BCUT2D eigenvalue weighted by atomic mass is 79.9. The highest BCUT2D eigenvalue weighted by Gasteiger charge is 2.10. The summed E-state index contributed by atoms with van der Waals surface area (Å²) in [6, 6.07) is 0. The van der Waals surface area contributed by atoms with Crippen LogP contribution in [0.25, 0.3) is 0 Å². The van der Waals surface area contributed by atoms with Gasteiger partial charge in [0.1, 0.15) is 0 Å². The maximum Gasteiger partial charge on any atom is 0.0161 e. The number of hydrogen-bond donors (Lipinski definition) is 0. The molecule has 66 valence electrons. The van der Waals surface area contributed by atoms with Gasteiger partial charge in [-0.2, -0.15) is 0 Å². The highest BCUT2D eigenvalue weighted by Crippen LogP contribution is 1.97. The number of nitrogens with zero attached hydrogens (tertiary/aromatic N) is 2. The monoisotopic (exact) mass is 220 g/mol. The van der Waals surface area contributed by atoms with Crippen molar-refractivity contribution in [1.29, 1.82) is 0 Å². The Balaban J connectivity index is 0.000001000. The molecule has 1 aliphatic heterocycles. The zero-order valence-corrected chi connectivity index (χ0v) is 8.84. The molecule has 1 rings (SSSR count). The van der Waals surface area contributed by atoms with Gasteiger partial charge >= 0.3 is 0 Å². The first-order chi connectivity index (χ1) is 4.83.